The quantitative estimate of drug-likeness (QED) is 0.795. The molecule has 2 aromatic heterocycles. The summed E-state index contributed by atoms with van der Waals surface area (Å²) >= 11 is 0. The van der Waals surface area contributed by atoms with Gasteiger partial charge < -0.3 is 14.6 Å². The van der Waals surface area contributed by atoms with Crippen molar-refractivity contribution in [2.75, 3.05) is 19.6 Å². The van der Waals surface area contributed by atoms with Gasteiger partial charge in [-0.1, -0.05) is 12.1 Å². The summed E-state index contributed by atoms with van der Waals surface area (Å²) < 4.78 is 3.59. The molecule has 0 bridgehead atoms. The maximum absolute atomic E-state index is 12.2. The second-order valence-corrected chi connectivity index (χ2v) is 5.78. The average Bonchev–Trinajstić information content (AvgIpc) is 3.10. The lowest BCUT2D eigenvalue weighted by Gasteiger charge is -2.15. The molecule has 3 heterocycles. The lowest BCUT2D eigenvalue weighted by atomic mass is 10.3. The van der Waals surface area contributed by atoms with E-state index in [1.54, 1.807) is 4.40 Å². The summed E-state index contributed by atoms with van der Waals surface area (Å²) in [5.41, 5.74) is 1.55. The molecule has 6 heteroatoms. The Bertz CT molecular complexity index is 890. The first kappa shape index (κ1) is 13.3. The van der Waals surface area contributed by atoms with Gasteiger partial charge >= 0.3 is 0 Å². The first-order chi connectivity index (χ1) is 10.7. The van der Waals surface area contributed by atoms with E-state index in [4.69, 9.17) is 0 Å². The summed E-state index contributed by atoms with van der Waals surface area (Å²) in [5.74, 6) is 0.278. The highest BCUT2D eigenvalue weighted by Crippen LogP contribution is 2.20. The number of nitrogens with zero attached hydrogens (tertiary/aromatic N) is 4. The Morgan fingerprint density at radius 3 is 2.59 bits per heavy atom. The number of aromatic hydroxyl groups is 1. The van der Waals surface area contributed by atoms with Crippen molar-refractivity contribution in [1.82, 2.24) is 18.9 Å². The fourth-order valence-electron chi connectivity index (χ4n) is 3.32. The largest absolute Gasteiger partial charge is 0.493 e. The van der Waals surface area contributed by atoms with Gasteiger partial charge in [-0.2, -0.15) is 4.98 Å². The first-order valence-electron chi connectivity index (χ1n) is 7.66. The predicted molar refractivity (Wildman–Crippen MR) is 84.3 cm³/mol. The lowest BCUT2D eigenvalue weighted by Crippen LogP contribution is -2.24. The average molecular weight is 298 g/mol. The molecule has 1 saturated heterocycles. The zero-order chi connectivity index (χ0) is 15.1. The third-order valence-corrected chi connectivity index (χ3v) is 4.38. The van der Waals surface area contributed by atoms with E-state index in [9.17, 15) is 9.90 Å². The molecule has 1 aromatic carbocycles. The topological polar surface area (TPSA) is 62.8 Å². The summed E-state index contributed by atoms with van der Waals surface area (Å²) in [5, 5.41) is 9.69. The zero-order valence-electron chi connectivity index (χ0n) is 12.3. The fraction of sp³-hybridized carbons (Fsp3) is 0.375. The molecule has 114 valence electrons. The van der Waals surface area contributed by atoms with Crippen molar-refractivity contribution in [3.05, 3.63) is 40.7 Å². The smallest absolute Gasteiger partial charge is 0.263 e. The van der Waals surface area contributed by atoms with Crippen LogP contribution >= 0.6 is 0 Å². The van der Waals surface area contributed by atoms with Crippen LogP contribution < -0.4 is 5.56 Å². The third kappa shape index (κ3) is 2.07. The van der Waals surface area contributed by atoms with Crippen molar-refractivity contribution in [3.8, 4) is 5.88 Å². The first-order valence-corrected chi connectivity index (χ1v) is 7.66. The number of hydrogen-bond acceptors (Lipinski definition) is 4. The monoisotopic (exact) mass is 298 g/mol. The highest BCUT2D eigenvalue weighted by molar-refractivity contribution is 5.80. The van der Waals surface area contributed by atoms with E-state index in [0.29, 0.717) is 5.78 Å². The molecule has 0 amide bonds. The van der Waals surface area contributed by atoms with Crippen LogP contribution in [0.5, 0.6) is 5.88 Å². The standard InChI is InChI=1S/C16H18N4O2/c21-14-11-15(22)20-13-6-2-1-5-12(13)19(16(20)17-14)10-9-18-7-3-4-8-18/h1-2,5-6,11,21H,3-4,7-10H2. The van der Waals surface area contributed by atoms with Gasteiger partial charge in [0, 0.05) is 13.1 Å². The highest BCUT2D eigenvalue weighted by Gasteiger charge is 2.16. The molecule has 22 heavy (non-hydrogen) atoms. The van der Waals surface area contributed by atoms with Crippen molar-refractivity contribution in [2.45, 2.75) is 19.4 Å². The molecule has 3 aromatic rings. The number of imidazole rings is 1. The van der Waals surface area contributed by atoms with Gasteiger partial charge in [-0.05, 0) is 38.1 Å². The van der Waals surface area contributed by atoms with Crippen LogP contribution in [0, 0.1) is 0 Å². The summed E-state index contributed by atoms with van der Waals surface area (Å²) in [6.45, 7) is 3.96. The summed E-state index contributed by atoms with van der Waals surface area (Å²) in [7, 11) is 0. The predicted octanol–water partition coefficient (Wildman–Crippen LogP) is 1.45. The van der Waals surface area contributed by atoms with E-state index in [1.807, 2.05) is 28.8 Å². The minimum atomic E-state index is -0.251. The Kier molecular flexibility index (Phi) is 3.11. The van der Waals surface area contributed by atoms with Crippen LogP contribution in [0.1, 0.15) is 12.8 Å². The highest BCUT2D eigenvalue weighted by atomic mass is 16.3. The van der Waals surface area contributed by atoms with E-state index >= 15 is 0 Å². The minimum Gasteiger partial charge on any atom is -0.493 e. The van der Waals surface area contributed by atoms with Crippen molar-refractivity contribution in [3.63, 3.8) is 0 Å². The molecule has 0 radical (unpaired) electrons. The van der Waals surface area contributed by atoms with Gasteiger partial charge in [-0.3, -0.25) is 4.79 Å². The van der Waals surface area contributed by atoms with Gasteiger partial charge in [0.25, 0.3) is 5.56 Å². The molecule has 1 N–H and O–H groups in total. The second-order valence-electron chi connectivity index (χ2n) is 5.78. The maximum Gasteiger partial charge on any atom is 0.263 e. The van der Waals surface area contributed by atoms with Gasteiger partial charge in [0.05, 0.1) is 17.1 Å². The van der Waals surface area contributed by atoms with Gasteiger partial charge in [-0.15, -0.1) is 0 Å². The second kappa shape index (κ2) is 5.14. The van der Waals surface area contributed by atoms with Crippen molar-refractivity contribution in [1.29, 1.82) is 0 Å². The Morgan fingerprint density at radius 1 is 1.09 bits per heavy atom. The van der Waals surface area contributed by atoms with Crippen molar-refractivity contribution < 1.29 is 5.11 Å². The number of para-hydroxylation sites is 2. The van der Waals surface area contributed by atoms with Crippen LogP contribution in [0.4, 0.5) is 0 Å². The zero-order valence-corrected chi connectivity index (χ0v) is 12.3. The molecular formula is C16H18N4O2. The van der Waals surface area contributed by atoms with Crippen molar-refractivity contribution in [2.24, 2.45) is 0 Å². The Morgan fingerprint density at radius 2 is 1.82 bits per heavy atom. The molecule has 0 atom stereocenters. The van der Waals surface area contributed by atoms with E-state index < -0.39 is 0 Å². The summed E-state index contributed by atoms with van der Waals surface area (Å²) in [6.07, 6.45) is 2.51. The van der Waals surface area contributed by atoms with E-state index in [2.05, 4.69) is 9.88 Å². The molecule has 6 nitrogen and oxygen atoms in total. The van der Waals surface area contributed by atoms with Crippen LogP contribution in [-0.4, -0.2) is 43.6 Å². The third-order valence-electron chi connectivity index (χ3n) is 4.38. The van der Waals surface area contributed by atoms with Crippen LogP contribution in [0.25, 0.3) is 16.8 Å². The number of benzene rings is 1. The van der Waals surface area contributed by atoms with E-state index in [1.165, 1.54) is 12.8 Å². The Balaban J connectivity index is 1.88. The van der Waals surface area contributed by atoms with Gasteiger partial charge in [0.2, 0.25) is 11.7 Å². The molecule has 1 fully saturated rings. The Labute approximate surface area is 127 Å². The molecule has 1 aliphatic rings. The normalized spacial score (nSPS) is 16.0. The van der Waals surface area contributed by atoms with E-state index in [-0.39, 0.29) is 11.4 Å². The van der Waals surface area contributed by atoms with Crippen LogP contribution in [0.15, 0.2) is 35.1 Å². The molecule has 4 rings (SSSR count). The van der Waals surface area contributed by atoms with Crippen LogP contribution in [0.3, 0.4) is 0 Å². The van der Waals surface area contributed by atoms with E-state index in [0.717, 1.165) is 43.3 Å². The molecule has 1 aliphatic heterocycles. The molecule has 0 saturated carbocycles. The number of fused-ring (bicyclic) bond motifs is 3. The number of aromatic nitrogens is 3. The van der Waals surface area contributed by atoms with Crippen molar-refractivity contribution >= 4 is 16.8 Å². The maximum atomic E-state index is 12.2. The molecule has 0 spiro atoms. The Hall–Kier alpha value is -2.34. The minimum absolute atomic E-state index is 0.227. The molecule has 0 unspecified atom stereocenters. The van der Waals surface area contributed by atoms with Gasteiger partial charge in [0.1, 0.15) is 0 Å². The number of hydrogen-bond donors (Lipinski definition) is 1. The number of likely N-dealkylation sites (tertiary alicyclic amines) is 1. The lowest BCUT2D eigenvalue weighted by molar-refractivity contribution is 0.325. The summed E-state index contributed by atoms with van der Waals surface area (Å²) in [6, 6.07) is 8.92. The SMILES string of the molecule is O=c1cc(O)nc2n(CCN3CCCC3)c3ccccc3n12. The van der Waals surface area contributed by atoms with Crippen LogP contribution in [-0.2, 0) is 6.54 Å². The summed E-state index contributed by atoms with van der Waals surface area (Å²) in [4.78, 5) is 18.8. The van der Waals surface area contributed by atoms with Gasteiger partial charge in [-0.25, -0.2) is 4.40 Å². The van der Waals surface area contributed by atoms with Gasteiger partial charge in [0.15, 0.2) is 0 Å². The van der Waals surface area contributed by atoms with Crippen LogP contribution in [0.2, 0.25) is 0 Å². The molecular weight excluding hydrogens is 280 g/mol. The molecule has 0 aliphatic carbocycles. The number of rotatable bonds is 3. The fourth-order valence-corrected chi connectivity index (χ4v) is 3.32.